The highest BCUT2D eigenvalue weighted by molar-refractivity contribution is 5.94. The van der Waals surface area contributed by atoms with E-state index < -0.39 is 11.9 Å². The van der Waals surface area contributed by atoms with Gasteiger partial charge in [-0.3, -0.25) is 4.79 Å². The molecule has 96 valence electrons. The average Bonchev–Trinajstić information content (AvgIpc) is 2.42. The van der Waals surface area contributed by atoms with Crippen molar-refractivity contribution >= 4 is 22.6 Å². The topological polar surface area (TPSA) is 66.4 Å². The molecule has 4 heteroatoms. The van der Waals surface area contributed by atoms with Gasteiger partial charge in [0.2, 0.25) is 5.91 Å². The van der Waals surface area contributed by atoms with Gasteiger partial charge in [-0.1, -0.05) is 42.5 Å². The molecule has 0 aromatic heterocycles. The summed E-state index contributed by atoms with van der Waals surface area (Å²) < 4.78 is 0. The first-order valence-electron chi connectivity index (χ1n) is 5.82. The van der Waals surface area contributed by atoms with Crippen LogP contribution in [0.3, 0.4) is 0 Å². The van der Waals surface area contributed by atoms with Crippen LogP contribution >= 0.6 is 0 Å². The molecule has 0 bridgehead atoms. The van der Waals surface area contributed by atoms with Gasteiger partial charge in [-0.2, -0.15) is 0 Å². The number of benzene rings is 2. The number of hydrogen-bond donors (Lipinski definition) is 2. The number of fused-ring (bicyclic) bond motifs is 1. The van der Waals surface area contributed by atoms with Crippen LogP contribution < -0.4 is 5.32 Å². The van der Waals surface area contributed by atoms with Crippen LogP contribution in [-0.2, 0) is 16.1 Å². The molecule has 2 aromatic carbocycles. The minimum Gasteiger partial charge on any atom is -0.478 e. The van der Waals surface area contributed by atoms with Gasteiger partial charge in [0.1, 0.15) is 0 Å². The number of carboxylic acid groups (broad SMARTS) is 1. The van der Waals surface area contributed by atoms with E-state index in [9.17, 15) is 9.59 Å². The van der Waals surface area contributed by atoms with Crippen molar-refractivity contribution in [3.63, 3.8) is 0 Å². The Hall–Kier alpha value is -2.62. The summed E-state index contributed by atoms with van der Waals surface area (Å²) in [5.41, 5.74) is 0.996. The Balaban J connectivity index is 2.10. The normalized spacial score (nSPS) is 10.7. The summed E-state index contributed by atoms with van der Waals surface area (Å²) in [6, 6.07) is 13.8. The standard InChI is InChI=1S/C15H13NO3/c17-14(8-9-15(18)19)16-10-12-6-3-5-11-4-1-2-7-13(11)12/h1-9H,10H2,(H,16,17)(H,18,19)/b9-8+. The van der Waals surface area contributed by atoms with Crippen LogP contribution in [0.25, 0.3) is 10.8 Å². The molecule has 19 heavy (non-hydrogen) atoms. The summed E-state index contributed by atoms with van der Waals surface area (Å²) in [4.78, 5) is 21.7. The molecule has 2 N–H and O–H groups in total. The molecule has 0 atom stereocenters. The quantitative estimate of drug-likeness (QED) is 0.822. The zero-order chi connectivity index (χ0) is 13.7. The molecule has 0 spiro atoms. The fraction of sp³-hybridized carbons (Fsp3) is 0.0667. The lowest BCUT2D eigenvalue weighted by molar-refractivity contribution is -0.131. The molecule has 4 nitrogen and oxygen atoms in total. The zero-order valence-corrected chi connectivity index (χ0v) is 10.2. The fourth-order valence-electron chi connectivity index (χ4n) is 1.83. The minimum atomic E-state index is -1.14. The largest absolute Gasteiger partial charge is 0.478 e. The first-order chi connectivity index (χ1) is 9.16. The van der Waals surface area contributed by atoms with E-state index in [0.29, 0.717) is 6.54 Å². The molecule has 2 aromatic rings. The summed E-state index contributed by atoms with van der Waals surface area (Å²) in [6.07, 6.45) is 1.83. The van der Waals surface area contributed by atoms with Gasteiger partial charge >= 0.3 is 5.97 Å². The SMILES string of the molecule is O=C(O)/C=C/C(=O)NCc1cccc2ccccc12. The van der Waals surface area contributed by atoms with E-state index in [0.717, 1.165) is 28.5 Å². The number of amides is 1. The van der Waals surface area contributed by atoms with Crippen LogP contribution in [-0.4, -0.2) is 17.0 Å². The Bertz CT molecular complexity index is 641. The lowest BCUT2D eigenvalue weighted by Crippen LogP contribution is -2.20. The molecular formula is C15H13NO3. The van der Waals surface area contributed by atoms with Crippen LogP contribution in [0.1, 0.15) is 5.56 Å². The first-order valence-corrected chi connectivity index (χ1v) is 5.82. The Labute approximate surface area is 110 Å². The number of carbonyl (C=O) groups excluding carboxylic acids is 1. The van der Waals surface area contributed by atoms with E-state index in [2.05, 4.69) is 5.32 Å². The highest BCUT2D eigenvalue weighted by atomic mass is 16.4. The van der Waals surface area contributed by atoms with Crippen LogP contribution in [0.15, 0.2) is 54.6 Å². The number of rotatable bonds is 4. The fourth-order valence-corrected chi connectivity index (χ4v) is 1.83. The van der Waals surface area contributed by atoms with Crippen molar-refractivity contribution in [2.45, 2.75) is 6.54 Å². The monoisotopic (exact) mass is 255 g/mol. The molecule has 0 aliphatic rings. The van der Waals surface area contributed by atoms with Gasteiger partial charge in [0.05, 0.1) is 0 Å². The molecule has 0 heterocycles. The lowest BCUT2D eigenvalue weighted by atomic mass is 10.0. The van der Waals surface area contributed by atoms with Crippen molar-refractivity contribution in [3.05, 3.63) is 60.2 Å². The van der Waals surface area contributed by atoms with E-state index >= 15 is 0 Å². The predicted molar refractivity (Wildman–Crippen MR) is 72.6 cm³/mol. The number of carbonyl (C=O) groups is 2. The van der Waals surface area contributed by atoms with Crippen molar-refractivity contribution in [2.24, 2.45) is 0 Å². The maximum Gasteiger partial charge on any atom is 0.328 e. The molecule has 2 rings (SSSR count). The minimum absolute atomic E-state index is 0.365. The second-order valence-electron chi connectivity index (χ2n) is 4.03. The van der Waals surface area contributed by atoms with Crippen molar-refractivity contribution in [1.82, 2.24) is 5.32 Å². The Morgan fingerprint density at radius 1 is 1.05 bits per heavy atom. The highest BCUT2D eigenvalue weighted by Gasteiger charge is 2.02. The van der Waals surface area contributed by atoms with Crippen molar-refractivity contribution < 1.29 is 14.7 Å². The molecule has 0 radical (unpaired) electrons. The van der Waals surface area contributed by atoms with Crippen molar-refractivity contribution in [3.8, 4) is 0 Å². The van der Waals surface area contributed by atoms with Gasteiger partial charge in [-0.15, -0.1) is 0 Å². The van der Waals surface area contributed by atoms with Gasteiger partial charge in [-0.25, -0.2) is 4.79 Å². The third-order valence-corrected chi connectivity index (χ3v) is 2.71. The molecule has 0 fully saturated rings. The molecule has 0 aliphatic carbocycles. The van der Waals surface area contributed by atoms with E-state index in [1.165, 1.54) is 0 Å². The summed E-state index contributed by atoms with van der Waals surface area (Å²) in [5, 5.41) is 13.3. The van der Waals surface area contributed by atoms with Crippen LogP contribution in [0, 0.1) is 0 Å². The van der Waals surface area contributed by atoms with Crippen LogP contribution in [0.5, 0.6) is 0 Å². The van der Waals surface area contributed by atoms with Gasteiger partial charge < -0.3 is 10.4 Å². The third-order valence-electron chi connectivity index (χ3n) is 2.71. The number of hydrogen-bond acceptors (Lipinski definition) is 2. The first kappa shape index (κ1) is 12.8. The van der Waals surface area contributed by atoms with Crippen molar-refractivity contribution in [1.29, 1.82) is 0 Å². The molecule has 0 unspecified atom stereocenters. The second-order valence-corrected chi connectivity index (χ2v) is 4.03. The number of nitrogens with one attached hydrogen (secondary N) is 1. The maximum atomic E-state index is 11.4. The van der Waals surface area contributed by atoms with E-state index in [4.69, 9.17) is 5.11 Å². The van der Waals surface area contributed by atoms with Gasteiger partial charge in [0, 0.05) is 18.7 Å². The molecule has 0 saturated carbocycles. The van der Waals surface area contributed by atoms with E-state index in [1.807, 2.05) is 42.5 Å². The van der Waals surface area contributed by atoms with Crippen LogP contribution in [0.4, 0.5) is 0 Å². The van der Waals surface area contributed by atoms with E-state index in [1.54, 1.807) is 0 Å². The van der Waals surface area contributed by atoms with E-state index in [-0.39, 0.29) is 0 Å². The molecule has 1 amide bonds. The van der Waals surface area contributed by atoms with Gasteiger partial charge in [0.25, 0.3) is 0 Å². The summed E-state index contributed by atoms with van der Waals surface area (Å²) in [5.74, 6) is -1.56. The summed E-state index contributed by atoms with van der Waals surface area (Å²) >= 11 is 0. The smallest absolute Gasteiger partial charge is 0.328 e. The molecular weight excluding hydrogens is 242 g/mol. The second kappa shape index (κ2) is 5.82. The van der Waals surface area contributed by atoms with Crippen LogP contribution in [0.2, 0.25) is 0 Å². The number of carboxylic acids is 1. The van der Waals surface area contributed by atoms with Gasteiger partial charge in [0.15, 0.2) is 0 Å². The Kier molecular flexibility index (Phi) is 3.93. The Morgan fingerprint density at radius 2 is 1.79 bits per heavy atom. The average molecular weight is 255 g/mol. The number of aliphatic carboxylic acids is 1. The lowest BCUT2D eigenvalue weighted by Gasteiger charge is -2.06. The maximum absolute atomic E-state index is 11.4. The highest BCUT2D eigenvalue weighted by Crippen LogP contribution is 2.18. The molecule has 0 saturated heterocycles. The molecule has 0 aliphatic heterocycles. The third kappa shape index (κ3) is 3.42. The summed E-state index contributed by atoms with van der Waals surface area (Å²) in [6.45, 7) is 0.365. The van der Waals surface area contributed by atoms with Crippen molar-refractivity contribution in [2.75, 3.05) is 0 Å². The predicted octanol–water partition coefficient (Wildman–Crippen LogP) is 2.10. The van der Waals surface area contributed by atoms with Gasteiger partial charge in [-0.05, 0) is 16.3 Å². The zero-order valence-electron chi connectivity index (χ0n) is 10.2. The Morgan fingerprint density at radius 3 is 2.58 bits per heavy atom. The summed E-state index contributed by atoms with van der Waals surface area (Å²) in [7, 11) is 0.